The molecule has 0 atom stereocenters. The summed E-state index contributed by atoms with van der Waals surface area (Å²) < 4.78 is 13.8. The Balaban J connectivity index is 1.53. The number of carbonyl (C=O) groups is 1. The third-order valence-corrected chi connectivity index (χ3v) is 4.48. The van der Waals surface area contributed by atoms with E-state index in [-0.39, 0.29) is 11.8 Å². The van der Waals surface area contributed by atoms with E-state index in [1.54, 1.807) is 6.07 Å². The molecule has 0 aromatic heterocycles. The van der Waals surface area contributed by atoms with Crippen LogP contribution >= 0.6 is 0 Å². The lowest BCUT2D eigenvalue weighted by Gasteiger charge is -2.34. The predicted octanol–water partition coefficient (Wildman–Crippen LogP) is 3.79. The number of aryl methyl sites for hydroxylation is 2. The fourth-order valence-corrected chi connectivity index (χ4v) is 3.23. The summed E-state index contributed by atoms with van der Waals surface area (Å²) in [5.41, 5.74) is 3.79. The molecule has 1 aliphatic rings. The molecule has 2 aromatic rings. The van der Waals surface area contributed by atoms with Crippen molar-refractivity contribution in [2.75, 3.05) is 31.5 Å². The summed E-state index contributed by atoms with van der Waals surface area (Å²) in [6.07, 6.45) is 0. The molecule has 1 saturated heterocycles. The van der Waals surface area contributed by atoms with Crippen LogP contribution in [0.1, 0.15) is 16.7 Å². The van der Waals surface area contributed by atoms with E-state index in [0.717, 1.165) is 29.9 Å². The van der Waals surface area contributed by atoms with Gasteiger partial charge in [-0.1, -0.05) is 24.3 Å². The number of benzene rings is 2. The lowest BCUT2D eigenvalue weighted by Crippen LogP contribution is -2.49. The van der Waals surface area contributed by atoms with Gasteiger partial charge in [0.1, 0.15) is 5.82 Å². The minimum absolute atomic E-state index is 0.0736. The smallest absolute Gasteiger partial charge is 0.321 e. The zero-order chi connectivity index (χ0) is 17.8. The Bertz CT molecular complexity index is 734. The molecular formula is C20H24FN3O. The molecule has 0 saturated carbocycles. The van der Waals surface area contributed by atoms with Gasteiger partial charge in [0.25, 0.3) is 0 Å². The van der Waals surface area contributed by atoms with Crippen molar-refractivity contribution in [2.45, 2.75) is 20.4 Å². The number of nitrogens with zero attached hydrogens (tertiary/aromatic N) is 2. The molecular weight excluding hydrogens is 317 g/mol. The van der Waals surface area contributed by atoms with Crippen molar-refractivity contribution in [2.24, 2.45) is 0 Å². The van der Waals surface area contributed by atoms with Crippen molar-refractivity contribution < 1.29 is 9.18 Å². The van der Waals surface area contributed by atoms with Gasteiger partial charge in [0.05, 0.1) is 0 Å². The van der Waals surface area contributed by atoms with E-state index in [1.807, 2.05) is 43.0 Å². The Morgan fingerprint density at radius 3 is 2.32 bits per heavy atom. The van der Waals surface area contributed by atoms with Crippen LogP contribution in [0.3, 0.4) is 0 Å². The monoisotopic (exact) mass is 341 g/mol. The third kappa shape index (κ3) is 4.57. The molecule has 3 rings (SSSR count). The largest absolute Gasteiger partial charge is 0.322 e. The molecule has 0 radical (unpaired) electrons. The Labute approximate surface area is 148 Å². The lowest BCUT2D eigenvalue weighted by molar-refractivity contribution is 0.142. The SMILES string of the molecule is Cc1cc(C)cc(NC(=O)N2CCN(Cc3ccccc3F)CC2)c1. The van der Waals surface area contributed by atoms with E-state index in [9.17, 15) is 9.18 Å². The van der Waals surface area contributed by atoms with Crippen LogP contribution in [0, 0.1) is 19.7 Å². The van der Waals surface area contributed by atoms with Crippen LogP contribution < -0.4 is 5.32 Å². The van der Waals surface area contributed by atoms with Crippen molar-refractivity contribution in [1.29, 1.82) is 0 Å². The van der Waals surface area contributed by atoms with Gasteiger partial charge in [-0.05, 0) is 43.2 Å². The second-order valence-electron chi connectivity index (χ2n) is 6.66. The molecule has 2 aromatic carbocycles. The van der Waals surface area contributed by atoms with E-state index >= 15 is 0 Å². The summed E-state index contributed by atoms with van der Waals surface area (Å²) in [7, 11) is 0. The first-order valence-electron chi connectivity index (χ1n) is 8.61. The highest BCUT2D eigenvalue weighted by molar-refractivity contribution is 5.89. The quantitative estimate of drug-likeness (QED) is 0.922. The van der Waals surface area contributed by atoms with Gasteiger partial charge >= 0.3 is 6.03 Å². The number of hydrogen-bond acceptors (Lipinski definition) is 2. The summed E-state index contributed by atoms with van der Waals surface area (Å²) in [5.74, 6) is -0.169. The number of anilines is 1. The maximum Gasteiger partial charge on any atom is 0.321 e. The van der Waals surface area contributed by atoms with Crippen LogP contribution in [-0.2, 0) is 6.54 Å². The number of halogens is 1. The zero-order valence-corrected chi connectivity index (χ0v) is 14.8. The number of nitrogens with one attached hydrogen (secondary N) is 1. The Kier molecular flexibility index (Phi) is 5.34. The fraction of sp³-hybridized carbons (Fsp3) is 0.350. The van der Waals surface area contributed by atoms with Crippen molar-refractivity contribution in [3.05, 3.63) is 65.0 Å². The standard InChI is InChI=1S/C20H24FN3O/c1-15-11-16(2)13-18(12-15)22-20(25)24-9-7-23(8-10-24)14-17-5-3-4-6-19(17)21/h3-6,11-13H,7-10,14H2,1-2H3,(H,22,25). The molecule has 132 valence electrons. The highest BCUT2D eigenvalue weighted by Gasteiger charge is 2.21. The molecule has 0 aliphatic carbocycles. The average Bonchev–Trinajstić information content (AvgIpc) is 2.56. The van der Waals surface area contributed by atoms with Crippen molar-refractivity contribution >= 4 is 11.7 Å². The van der Waals surface area contributed by atoms with Gasteiger partial charge in [-0.3, -0.25) is 4.90 Å². The fourth-order valence-electron chi connectivity index (χ4n) is 3.23. The van der Waals surface area contributed by atoms with Gasteiger partial charge < -0.3 is 10.2 Å². The first-order chi connectivity index (χ1) is 12.0. The van der Waals surface area contributed by atoms with E-state index in [4.69, 9.17) is 0 Å². The van der Waals surface area contributed by atoms with E-state index in [1.165, 1.54) is 6.07 Å². The van der Waals surface area contributed by atoms with Gasteiger partial charge in [-0.2, -0.15) is 0 Å². The third-order valence-electron chi connectivity index (χ3n) is 4.48. The predicted molar refractivity (Wildman–Crippen MR) is 98.2 cm³/mol. The van der Waals surface area contributed by atoms with Gasteiger partial charge in [0, 0.05) is 44.0 Å². The molecule has 1 N–H and O–H groups in total. The van der Waals surface area contributed by atoms with Crippen LogP contribution in [0.4, 0.5) is 14.9 Å². The lowest BCUT2D eigenvalue weighted by atomic mass is 10.1. The first-order valence-corrected chi connectivity index (χ1v) is 8.61. The van der Waals surface area contributed by atoms with Crippen molar-refractivity contribution in [1.82, 2.24) is 9.80 Å². The van der Waals surface area contributed by atoms with Crippen LogP contribution in [-0.4, -0.2) is 42.0 Å². The van der Waals surface area contributed by atoms with Gasteiger partial charge in [-0.25, -0.2) is 9.18 Å². The van der Waals surface area contributed by atoms with Gasteiger partial charge in [0.15, 0.2) is 0 Å². The molecule has 1 fully saturated rings. The highest BCUT2D eigenvalue weighted by Crippen LogP contribution is 2.16. The van der Waals surface area contributed by atoms with Crippen LogP contribution in [0.15, 0.2) is 42.5 Å². The highest BCUT2D eigenvalue weighted by atomic mass is 19.1. The molecule has 2 amide bonds. The molecule has 4 nitrogen and oxygen atoms in total. The summed E-state index contributed by atoms with van der Waals surface area (Å²) in [4.78, 5) is 16.4. The normalized spacial score (nSPS) is 15.2. The minimum Gasteiger partial charge on any atom is -0.322 e. The van der Waals surface area contributed by atoms with Crippen LogP contribution in [0.25, 0.3) is 0 Å². The Morgan fingerprint density at radius 2 is 1.68 bits per heavy atom. The first kappa shape index (κ1) is 17.4. The van der Waals surface area contributed by atoms with Gasteiger partial charge in [-0.15, -0.1) is 0 Å². The number of rotatable bonds is 3. The number of urea groups is 1. The molecule has 25 heavy (non-hydrogen) atoms. The second-order valence-corrected chi connectivity index (χ2v) is 6.66. The van der Waals surface area contributed by atoms with Crippen LogP contribution in [0.2, 0.25) is 0 Å². The second kappa shape index (κ2) is 7.66. The molecule has 0 unspecified atom stereocenters. The molecule has 0 spiro atoms. The molecule has 0 bridgehead atoms. The van der Waals surface area contributed by atoms with Crippen molar-refractivity contribution in [3.8, 4) is 0 Å². The van der Waals surface area contributed by atoms with E-state index in [2.05, 4.69) is 16.3 Å². The molecule has 1 heterocycles. The van der Waals surface area contributed by atoms with Gasteiger partial charge in [0.2, 0.25) is 0 Å². The average molecular weight is 341 g/mol. The minimum atomic E-state index is -0.169. The summed E-state index contributed by atoms with van der Waals surface area (Å²) in [6.45, 7) is 7.40. The Morgan fingerprint density at radius 1 is 1.04 bits per heavy atom. The van der Waals surface area contributed by atoms with E-state index < -0.39 is 0 Å². The number of piperazine rings is 1. The summed E-state index contributed by atoms with van der Waals surface area (Å²) >= 11 is 0. The summed E-state index contributed by atoms with van der Waals surface area (Å²) in [6, 6.07) is 12.8. The van der Waals surface area contributed by atoms with E-state index in [0.29, 0.717) is 25.2 Å². The molecule has 1 aliphatic heterocycles. The molecule has 5 heteroatoms. The Hall–Kier alpha value is -2.40. The zero-order valence-electron chi connectivity index (χ0n) is 14.8. The number of hydrogen-bond donors (Lipinski definition) is 1. The maximum absolute atomic E-state index is 13.8. The summed E-state index contributed by atoms with van der Waals surface area (Å²) in [5, 5.41) is 2.98. The topological polar surface area (TPSA) is 35.6 Å². The van der Waals surface area contributed by atoms with Crippen LogP contribution in [0.5, 0.6) is 0 Å². The number of amides is 2. The number of carbonyl (C=O) groups excluding carboxylic acids is 1. The van der Waals surface area contributed by atoms with Crippen molar-refractivity contribution in [3.63, 3.8) is 0 Å². The maximum atomic E-state index is 13.8.